The van der Waals surface area contributed by atoms with Gasteiger partial charge in [0.25, 0.3) is 0 Å². The van der Waals surface area contributed by atoms with Crippen molar-refractivity contribution in [1.29, 1.82) is 0 Å². The second kappa shape index (κ2) is 6.14. The minimum absolute atomic E-state index is 0.140. The van der Waals surface area contributed by atoms with Crippen LogP contribution in [0, 0.1) is 0 Å². The van der Waals surface area contributed by atoms with Gasteiger partial charge in [0, 0.05) is 13.3 Å². The van der Waals surface area contributed by atoms with Crippen molar-refractivity contribution in [1.82, 2.24) is 10.3 Å². The number of amides is 2. The van der Waals surface area contributed by atoms with Crippen LogP contribution in [0.3, 0.4) is 0 Å². The number of hydrogen-bond donors (Lipinski definition) is 3. The third-order valence-electron chi connectivity index (χ3n) is 2.22. The Morgan fingerprint density at radius 3 is 2.74 bits per heavy atom. The molecule has 0 spiro atoms. The van der Waals surface area contributed by atoms with E-state index < -0.39 is 17.5 Å². The molecule has 0 aliphatic rings. The van der Waals surface area contributed by atoms with Gasteiger partial charge in [0.1, 0.15) is 0 Å². The summed E-state index contributed by atoms with van der Waals surface area (Å²) in [5.74, 6) is -1.20. The molecular weight excluding hydrogens is 250 g/mol. The average Bonchev–Trinajstić information content (AvgIpc) is 2.28. The van der Waals surface area contributed by atoms with Crippen LogP contribution in [0.25, 0.3) is 0 Å². The number of nitrogens with one attached hydrogen (secondary N) is 2. The first-order valence-electron chi connectivity index (χ1n) is 5.62. The molecule has 0 fully saturated rings. The van der Waals surface area contributed by atoms with Gasteiger partial charge in [0.15, 0.2) is 5.69 Å². The normalized spacial score (nSPS) is 10.9. The molecule has 1 aromatic heterocycles. The number of carbonyl (C=O) groups is 2. The summed E-state index contributed by atoms with van der Waals surface area (Å²) in [6.07, 6.45) is 1.35. The zero-order valence-electron chi connectivity index (χ0n) is 11.1. The highest BCUT2D eigenvalue weighted by atomic mass is 16.5. The highest BCUT2D eigenvalue weighted by Crippen LogP contribution is 2.12. The molecule has 0 aromatic carbocycles. The molecular formula is C12H17N3O4. The van der Waals surface area contributed by atoms with Gasteiger partial charge in [0.05, 0.1) is 17.8 Å². The Labute approximate surface area is 111 Å². The number of methoxy groups -OCH3 is 1. The van der Waals surface area contributed by atoms with E-state index in [2.05, 4.69) is 15.6 Å². The molecule has 2 amide bonds. The first-order chi connectivity index (χ1) is 8.85. The zero-order valence-corrected chi connectivity index (χ0v) is 11.1. The molecule has 1 rings (SSSR count). The van der Waals surface area contributed by atoms with Crippen molar-refractivity contribution in [2.24, 2.45) is 0 Å². The van der Waals surface area contributed by atoms with Gasteiger partial charge in [-0.3, -0.25) is 0 Å². The van der Waals surface area contributed by atoms with Crippen molar-refractivity contribution in [2.45, 2.75) is 19.4 Å². The third kappa shape index (κ3) is 4.55. The number of carbonyl (C=O) groups excluding carboxylic acids is 1. The predicted octanol–water partition coefficient (Wildman–Crippen LogP) is 1.33. The smallest absolute Gasteiger partial charge is 0.356 e. The van der Waals surface area contributed by atoms with Gasteiger partial charge in [0.2, 0.25) is 0 Å². The lowest BCUT2D eigenvalue weighted by molar-refractivity contribution is 0.0691. The maximum atomic E-state index is 11.8. The van der Waals surface area contributed by atoms with Gasteiger partial charge >= 0.3 is 12.0 Å². The number of ether oxygens (including phenoxy) is 1. The minimum Gasteiger partial charge on any atom is -0.476 e. The molecule has 19 heavy (non-hydrogen) atoms. The molecule has 0 saturated carbocycles. The number of anilines is 1. The number of nitrogens with zero attached hydrogens (tertiary/aromatic N) is 1. The molecule has 0 atom stereocenters. The monoisotopic (exact) mass is 267 g/mol. The number of carboxylic acid groups (broad SMARTS) is 1. The lowest BCUT2D eigenvalue weighted by atomic mass is 10.1. The van der Waals surface area contributed by atoms with Gasteiger partial charge in [-0.1, -0.05) is 0 Å². The van der Waals surface area contributed by atoms with E-state index in [1.165, 1.54) is 19.4 Å². The molecule has 0 unspecified atom stereocenters. The van der Waals surface area contributed by atoms with Gasteiger partial charge in [-0.2, -0.15) is 0 Å². The maximum absolute atomic E-state index is 11.8. The van der Waals surface area contributed by atoms with Crippen LogP contribution in [0.2, 0.25) is 0 Å². The summed E-state index contributed by atoms with van der Waals surface area (Å²) in [7, 11) is 1.53. The zero-order chi connectivity index (χ0) is 14.5. The number of aromatic nitrogens is 1. The molecule has 0 aliphatic carbocycles. The lowest BCUT2D eigenvalue weighted by Gasteiger charge is -2.25. The van der Waals surface area contributed by atoms with Gasteiger partial charge in [-0.05, 0) is 26.0 Å². The Kier molecular flexibility index (Phi) is 4.82. The molecule has 0 aliphatic heterocycles. The molecule has 7 nitrogen and oxygen atoms in total. The third-order valence-corrected chi connectivity index (χ3v) is 2.22. The van der Waals surface area contributed by atoms with Crippen LogP contribution in [0.1, 0.15) is 24.3 Å². The topological polar surface area (TPSA) is 101 Å². The highest BCUT2D eigenvalue weighted by molar-refractivity contribution is 5.98. The van der Waals surface area contributed by atoms with E-state index in [1.807, 2.05) is 0 Å². The van der Waals surface area contributed by atoms with E-state index in [0.717, 1.165) is 0 Å². The lowest BCUT2D eigenvalue weighted by Crippen LogP contribution is -2.48. The quantitative estimate of drug-likeness (QED) is 0.747. The Morgan fingerprint density at radius 1 is 1.47 bits per heavy atom. The largest absolute Gasteiger partial charge is 0.476 e. The Morgan fingerprint density at radius 2 is 2.16 bits per heavy atom. The molecule has 1 heterocycles. The summed E-state index contributed by atoms with van der Waals surface area (Å²) in [6.45, 7) is 3.91. The minimum atomic E-state index is -1.20. The van der Waals surface area contributed by atoms with E-state index in [9.17, 15) is 9.59 Å². The standard InChI is InChI=1S/C12H17N3O4/c1-12(2,7-19-3)15-11(18)14-8-5-4-6-13-9(8)10(16)17/h4-6H,7H2,1-3H3,(H,16,17)(H2,14,15,18). The van der Waals surface area contributed by atoms with Crippen LogP contribution in [0.15, 0.2) is 18.3 Å². The Hall–Kier alpha value is -2.15. The fourth-order valence-electron chi connectivity index (χ4n) is 1.53. The number of rotatable bonds is 5. The Bertz CT molecular complexity index is 474. The molecule has 104 valence electrons. The fourth-order valence-corrected chi connectivity index (χ4v) is 1.53. The van der Waals surface area contributed by atoms with E-state index >= 15 is 0 Å². The number of pyridine rings is 1. The van der Waals surface area contributed by atoms with Crippen molar-refractivity contribution < 1.29 is 19.4 Å². The van der Waals surface area contributed by atoms with Gasteiger partial charge in [-0.25, -0.2) is 14.6 Å². The molecule has 0 radical (unpaired) electrons. The number of carboxylic acids is 1. The molecule has 7 heteroatoms. The summed E-state index contributed by atoms with van der Waals surface area (Å²) in [5, 5.41) is 14.1. The average molecular weight is 267 g/mol. The first kappa shape index (κ1) is 14.9. The fraction of sp³-hybridized carbons (Fsp3) is 0.417. The van der Waals surface area contributed by atoms with Crippen LogP contribution in [-0.4, -0.2) is 41.3 Å². The van der Waals surface area contributed by atoms with Gasteiger partial charge < -0.3 is 20.5 Å². The van der Waals surface area contributed by atoms with Crippen molar-refractivity contribution in [2.75, 3.05) is 19.0 Å². The van der Waals surface area contributed by atoms with Crippen molar-refractivity contribution in [3.8, 4) is 0 Å². The van der Waals surface area contributed by atoms with Crippen LogP contribution >= 0.6 is 0 Å². The number of urea groups is 1. The summed E-state index contributed by atoms with van der Waals surface area (Å²) < 4.78 is 4.97. The van der Waals surface area contributed by atoms with Crippen LogP contribution < -0.4 is 10.6 Å². The molecule has 0 bridgehead atoms. The van der Waals surface area contributed by atoms with E-state index in [1.54, 1.807) is 19.9 Å². The van der Waals surface area contributed by atoms with E-state index in [4.69, 9.17) is 9.84 Å². The van der Waals surface area contributed by atoms with E-state index in [0.29, 0.717) is 6.61 Å². The molecule has 0 saturated heterocycles. The predicted molar refractivity (Wildman–Crippen MR) is 69.3 cm³/mol. The summed E-state index contributed by atoms with van der Waals surface area (Å²) in [6, 6.07) is 2.50. The SMILES string of the molecule is COCC(C)(C)NC(=O)Nc1cccnc1C(=O)O. The van der Waals surface area contributed by atoms with Crippen LogP contribution in [-0.2, 0) is 4.74 Å². The maximum Gasteiger partial charge on any atom is 0.356 e. The number of aromatic carboxylic acids is 1. The van der Waals surface area contributed by atoms with Crippen molar-refractivity contribution in [3.63, 3.8) is 0 Å². The second-order valence-corrected chi connectivity index (χ2v) is 4.60. The van der Waals surface area contributed by atoms with Gasteiger partial charge in [-0.15, -0.1) is 0 Å². The summed E-state index contributed by atoms with van der Waals surface area (Å²) >= 11 is 0. The Balaban J connectivity index is 2.75. The highest BCUT2D eigenvalue weighted by Gasteiger charge is 2.21. The molecule has 1 aromatic rings. The number of hydrogen-bond acceptors (Lipinski definition) is 4. The van der Waals surface area contributed by atoms with Crippen molar-refractivity contribution in [3.05, 3.63) is 24.0 Å². The molecule has 3 N–H and O–H groups in total. The van der Waals surface area contributed by atoms with Crippen LogP contribution in [0.5, 0.6) is 0 Å². The summed E-state index contributed by atoms with van der Waals surface area (Å²) in [5.41, 5.74) is -0.632. The van der Waals surface area contributed by atoms with Crippen LogP contribution in [0.4, 0.5) is 10.5 Å². The summed E-state index contributed by atoms with van der Waals surface area (Å²) in [4.78, 5) is 26.4. The first-order valence-corrected chi connectivity index (χ1v) is 5.62. The second-order valence-electron chi connectivity index (χ2n) is 4.60. The van der Waals surface area contributed by atoms with E-state index in [-0.39, 0.29) is 11.4 Å². The van der Waals surface area contributed by atoms with Crippen molar-refractivity contribution >= 4 is 17.7 Å².